The molecule has 0 aromatic heterocycles. The highest BCUT2D eigenvalue weighted by molar-refractivity contribution is 8.13. The Kier molecular flexibility index (Phi) is 4.12. The largest absolute Gasteiger partial charge is 0.351 e. The third kappa shape index (κ3) is 3.33. The monoisotopic (exact) mass is 315 g/mol. The van der Waals surface area contributed by atoms with Gasteiger partial charge in [-0.15, -0.1) is 0 Å². The van der Waals surface area contributed by atoms with Gasteiger partial charge in [-0.05, 0) is 55.4 Å². The standard InChI is InChI=1S/C14H18ClNO3S/c1-3-14(6-7-14)9-16-13(17)12-5-4-11(8-10(12)2)20(15,18)19/h4-5,8H,3,6-7,9H2,1-2H3,(H,16,17). The van der Waals surface area contributed by atoms with Crippen molar-refractivity contribution in [1.82, 2.24) is 5.32 Å². The predicted octanol–water partition coefficient (Wildman–Crippen LogP) is 2.84. The number of hydrogen-bond donors (Lipinski definition) is 1. The summed E-state index contributed by atoms with van der Waals surface area (Å²) in [6, 6.07) is 4.28. The fraction of sp³-hybridized carbons (Fsp3) is 0.500. The molecule has 0 spiro atoms. The Morgan fingerprint density at radius 2 is 2.05 bits per heavy atom. The van der Waals surface area contributed by atoms with Gasteiger partial charge in [0.15, 0.2) is 0 Å². The van der Waals surface area contributed by atoms with Crippen molar-refractivity contribution in [2.75, 3.05) is 6.54 Å². The van der Waals surface area contributed by atoms with Crippen molar-refractivity contribution < 1.29 is 13.2 Å². The van der Waals surface area contributed by atoms with Gasteiger partial charge in [-0.1, -0.05) is 6.92 Å². The van der Waals surface area contributed by atoms with Gasteiger partial charge in [-0.25, -0.2) is 8.42 Å². The first-order chi connectivity index (χ1) is 9.27. The first-order valence-corrected chi connectivity index (χ1v) is 8.92. The van der Waals surface area contributed by atoms with Crippen LogP contribution in [0.3, 0.4) is 0 Å². The topological polar surface area (TPSA) is 63.2 Å². The van der Waals surface area contributed by atoms with E-state index in [0.717, 1.165) is 19.3 Å². The molecule has 0 saturated heterocycles. The Hall–Kier alpha value is -1.07. The van der Waals surface area contributed by atoms with Gasteiger partial charge in [0, 0.05) is 22.8 Å². The van der Waals surface area contributed by atoms with E-state index in [1.165, 1.54) is 18.2 Å². The van der Waals surface area contributed by atoms with Gasteiger partial charge in [0.2, 0.25) is 0 Å². The Bertz CT molecular complexity index is 636. The number of aryl methyl sites for hydroxylation is 1. The van der Waals surface area contributed by atoms with Crippen LogP contribution in [0.15, 0.2) is 23.1 Å². The molecular formula is C14H18ClNO3S. The van der Waals surface area contributed by atoms with Gasteiger partial charge in [-0.2, -0.15) is 0 Å². The lowest BCUT2D eigenvalue weighted by atomic mass is 10.0. The highest BCUT2D eigenvalue weighted by atomic mass is 35.7. The molecule has 0 bridgehead atoms. The lowest BCUT2D eigenvalue weighted by molar-refractivity contribution is 0.0943. The zero-order valence-electron chi connectivity index (χ0n) is 11.6. The average molecular weight is 316 g/mol. The van der Waals surface area contributed by atoms with Crippen molar-refractivity contribution in [2.24, 2.45) is 5.41 Å². The molecule has 1 amide bonds. The number of carbonyl (C=O) groups excluding carboxylic acids is 1. The number of carbonyl (C=O) groups is 1. The van der Waals surface area contributed by atoms with Crippen LogP contribution in [0.2, 0.25) is 0 Å². The van der Waals surface area contributed by atoms with E-state index in [2.05, 4.69) is 12.2 Å². The Labute approximate surface area is 123 Å². The molecule has 1 aliphatic rings. The van der Waals surface area contributed by atoms with Crippen LogP contribution in [0.4, 0.5) is 0 Å². The maximum Gasteiger partial charge on any atom is 0.261 e. The lowest BCUT2D eigenvalue weighted by Crippen LogP contribution is -2.30. The highest BCUT2D eigenvalue weighted by Gasteiger charge is 2.40. The molecule has 0 unspecified atom stereocenters. The molecule has 4 nitrogen and oxygen atoms in total. The summed E-state index contributed by atoms with van der Waals surface area (Å²) in [5.41, 5.74) is 1.37. The molecule has 6 heteroatoms. The second-order valence-corrected chi connectivity index (χ2v) is 8.02. The number of halogens is 1. The fourth-order valence-corrected chi connectivity index (χ4v) is 3.07. The third-order valence-corrected chi connectivity index (χ3v) is 5.41. The van der Waals surface area contributed by atoms with E-state index in [4.69, 9.17) is 10.7 Å². The van der Waals surface area contributed by atoms with E-state index in [-0.39, 0.29) is 16.2 Å². The van der Waals surface area contributed by atoms with Crippen molar-refractivity contribution in [1.29, 1.82) is 0 Å². The normalized spacial score (nSPS) is 16.8. The zero-order valence-corrected chi connectivity index (χ0v) is 13.1. The lowest BCUT2D eigenvalue weighted by Gasteiger charge is -2.14. The smallest absolute Gasteiger partial charge is 0.261 e. The summed E-state index contributed by atoms with van der Waals surface area (Å²) < 4.78 is 22.5. The van der Waals surface area contributed by atoms with Gasteiger partial charge in [0.05, 0.1) is 4.90 Å². The molecule has 1 saturated carbocycles. The second-order valence-electron chi connectivity index (χ2n) is 5.45. The van der Waals surface area contributed by atoms with Gasteiger partial charge in [0.25, 0.3) is 15.0 Å². The molecule has 1 N–H and O–H groups in total. The summed E-state index contributed by atoms with van der Waals surface area (Å²) in [6.45, 7) is 4.51. The van der Waals surface area contributed by atoms with Crippen LogP contribution in [0.1, 0.15) is 42.1 Å². The molecule has 1 aromatic rings. The van der Waals surface area contributed by atoms with Crippen LogP contribution in [0, 0.1) is 12.3 Å². The van der Waals surface area contributed by atoms with Gasteiger partial charge >= 0.3 is 0 Å². The van der Waals surface area contributed by atoms with Crippen molar-refractivity contribution in [2.45, 2.75) is 38.0 Å². The van der Waals surface area contributed by atoms with Crippen LogP contribution in [-0.4, -0.2) is 20.9 Å². The van der Waals surface area contributed by atoms with Gasteiger partial charge in [-0.3, -0.25) is 4.79 Å². The number of nitrogens with one attached hydrogen (secondary N) is 1. The Morgan fingerprint density at radius 3 is 2.50 bits per heavy atom. The summed E-state index contributed by atoms with van der Waals surface area (Å²) in [5.74, 6) is -0.166. The number of hydrogen-bond acceptors (Lipinski definition) is 3. The molecular weight excluding hydrogens is 298 g/mol. The van der Waals surface area contributed by atoms with E-state index in [0.29, 0.717) is 17.7 Å². The van der Waals surface area contributed by atoms with Crippen molar-refractivity contribution in [3.05, 3.63) is 29.3 Å². The summed E-state index contributed by atoms with van der Waals surface area (Å²) in [5, 5.41) is 2.93. The molecule has 0 radical (unpaired) electrons. The fourth-order valence-electron chi connectivity index (χ4n) is 2.24. The highest BCUT2D eigenvalue weighted by Crippen LogP contribution is 2.47. The molecule has 1 aliphatic carbocycles. The minimum atomic E-state index is -3.76. The van der Waals surface area contributed by atoms with Crippen LogP contribution >= 0.6 is 10.7 Å². The van der Waals surface area contributed by atoms with E-state index in [9.17, 15) is 13.2 Å². The maximum atomic E-state index is 12.1. The van der Waals surface area contributed by atoms with E-state index >= 15 is 0 Å². The summed E-state index contributed by atoms with van der Waals surface area (Å²) in [4.78, 5) is 12.1. The quantitative estimate of drug-likeness (QED) is 0.850. The third-order valence-electron chi connectivity index (χ3n) is 4.06. The molecule has 20 heavy (non-hydrogen) atoms. The summed E-state index contributed by atoms with van der Waals surface area (Å²) in [6.07, 6.45) is 3.38. The van der Waals surface area contributed by atoms with Crippen LogP contribution in [0.25, 0.3) is 0 Å². The zero-order chi connectivity index (χ0) is 15.0. The average Bonchev–Trinajstić information content (AvgIpc) is 3.15. The Balaban J connectivity index is 2.11. The maximum absolute atomic E-state index is 12.1. The number of benzene rings is 1. The second kappa shape index (κ2) is 5.37. The molecule has 110 valence electrons. The van der Waals surface area contributed by atoms with E-state index < -0.39 is 9.05 Å². The molecule has 2 rings (SSSR count). The van der Waals surface area contributed by atoms with Crippen molar-refractivity contribution >= 4 is 25.6 Å². The van der Waals surface area contributed by atoms with Gasteiger partial charge < -0.3 is 5.32 Å². The minimum absolute atomic E-state index is 0.0143. The van der Waals surface area contributed by atoms with Crippen LogP contribution in [-0.2, 0) is 9.05 Å². The number of amides is 1. The van der Waals surface area contributed by atoms with Crippen molar-refractivity contribution in [3.8, 4) is 0 Å². The van der Waals surface area contributed by atoms with Gasteiger partial charge in [0.1, 0.15) is 0 Å². The van der Waals surface area contributed by atoms with Crippen molar-refractivity contribution in [3.63, 3.8) is 0 Å². The first kappa shape index (κ1) is 15.3. The minimum Gasteiger partial charge on any atom is -0.351 e. The van der Waals surface area contributed by atoms with E-state index in [1.54, 1.807) is 6.92 Å². The SMILES string of the molecule is CCC1(CNC(=O)c2ccc(S(=O)(=O)Cl)cc2C)CC1. The molecule has 1 aromatic carbocycles. The number of rotatable bonds is 5. The molecule has 0 aliphatic heterocycles. The summed E-state index contributed by atoms with van der Waals surface area (Å²) >= 11 is 0. The predicted molar refractivity (Wildman–Crippen MR) is 78.5 cm³/mol. The van der Waals surface area contributed by atoms with Crippen LogP contribution in [0.5, 0.6) is 0 Å². The Morgan fingerprint density at radius 1 is 1.40 bits per heavy atom. The molecule has 0 heterocycles. The first-order valence-electron chi connectivity index (χ1n) is 6.61. The van der Waals surface area contributed by atoms with E-state index in [1.807, 2.05) is 0 Å². The molecule has 0 atom stereocenters. The van der Waals surface area contributed by atoms with Crippen LogP contribution < -0.4 is 5.32 Å². The molecule has 1 fully saturated rings. The summed E-state index contributed by atoms with van der Waals surface area (Å²) in [7, 11) is 1.53.